The zero-order valence-electron chi connectivity index (χ0n) is 13.6. The maximum atomic E-state index is 11.4. The molecule has 126 valence electrons. The average molecular weight is 352 g/mol. The first-order valence-electron chi connectivity index (χ1n) is 7.84. The van der Waals surface area contributed by atoms with Crippen molar-refractivity contribution < 1.29 is 9.53 Å². The third kappa shape index (κ3) is 2.87. The molecule has 0 atom stereocenters. The maximum Gasteiger partial charge on any atom is 0.316 e. The predicted molar refractivity (Wildman–Crippen MR) is 96.8 cm³/mol. The number of para-hydroxylation sites is 2. The molecule has 4 rings (SSSR count). The SMILES string of the molecule is COC(=O)CSc1nnc2n(Cc3ccccc3)c3ccccc3n12. The van der Waals surface area contributed by atoms with Crippen molar-refractivity contribution in [2.24, 2.45) is 0 Å². The van der Waals surface area contributed by atoms with E-state index in [0.717, 1.165) is 16.8 Å². The highest BCUT2D eigenvalue weighted by atomic mass is 32.2. The summed E-state index contributed by atoms with van der Waals surface area (Å²) in [6.45, 7) is 0.706. The van der Waals surface area contributed by atoms with Gasteiger partial charge in [0.15, 0.2) is 5.16 Å². The molecule has 2 aromatic carbocycles. The Morgan fingerprint density at radius 1 is 1.04 bits per heavy atom. The lowest BCUT2D eigenvalue weighted by molar-refractivity contribution is -0.137. The van der Waals surface area contributed by atoms with Crippen molar-refractivity contribution >= 4 is 34.5 Å². The summed E-state index contributed by atoms with van der Waals surface area (Å²) in [6, 6.07) is 18.4. The summed E-state index contributed by atoms with van der Waals surface area (Å²) >= 11 is 1.33. The second kappa shape index (κ2) is 6.60. The van der Waals surface area contributed by atoms with E-state index in [1.165, 1.54) is 24.4 Å². The number of hydrogen-bond acceptors (Lipinski definition) is 5. The number of rotatable bonds is 5. The molecule has 2 aromatic heterocycles. The van der Waals surface area contributed by atoms with Gasteiger partial charge in [0.1, 0.15) is 0 Å². The molecule has 0 N–H and O–H groups in total. The monoisotopic (exact) mass is 352 g/mol. The predicted octanol–water partition coefficient (Wildman–Crippen LogP) is 3.00. The van der Waals surface area contributed by atoms with E-state index in [1.807, 2.05) is 40.8 Å². The topological polar surface area (TPSA) is 61.4 Å². The Morgan fingerprint density at radius 3 is 2.52 bits per heavy atom. The van der Waals surface area contributed by atoms with Crippen LogP contribution in [0.5, 0.6) is 0 Å². The van der Waals surface area contributed by atoms with Crippen LogP contribution in [0.4, 0.5) is 0 Å². The van der Waals surface area contributed by atoms with Crippen LogP contribution in [-0.2, 0) is 16.1 Å². The molecule has 0 aliphatic heterocycles. The molecule has 0 amide bonds. The van der Waals surface area contributed by atoms with Crippen LogP contribution in [0.3, 0.4) is 0 Å². The number of carbonyl (C=O) groups excluding carboxylic acids is 1. The fraction of sp³-hybridized carbons (Fsp3) is 0.167. The van der Waals surface area contributed by atoms with Crippen molar-refractivity contribution in [2.45, 2.75) is 11.7 Å². The van der Waals surface area contributed by atoms with Crippen LogP contribution in [-0.4, -0.2) is 38.0 Å². The minimum atomic E-state index is -0.283. The van der Waals surface area contributed by atoms with E-state index < -0.39 is 0 Å². The number of aromatic nitrogens is 4. The van der Waals surface area contributed by atoms with Gasteiger partial charge in [0.25, 0.3) is 0 Å². The van der Waals surface area contributed by atoms with Gasteiger partial charge >= 0.3 is 5.97 Å². The Labute approximate surface area is 148 Å². The summed E-state index contributed by atoms with van der Waals surface area (Å²) in [6.07, 6.45) is 0. The van der Waals surface area contributed by atoms with Gasteiger partial charge in [0, 0.05) is 0 Å². The first-order chi connectivity index (χ1) is 12.3. The van der Waals surface area contributed by atoms with Gasteiger partial charge in [-0.3, -0.25) is 9.20 Å². The summed E-state index contributed by atoms with van der Waals surface area (Å²) in [4.78, 5) is 11.4. The van der Waals surface area contributed by atoms with Gasteiger partial charge in [-0.25, -0.2) is 0 Å². The number of carbonyl (C=O) groups is 1. The van der Waals surface area contributed by atoms with Crippen LogP contribution in [0.25, 0.3) is 16.8 Å². The lowest BCUT2D eigenvalue weighted by Gasteiger charge is -2.04. The normalized spacial score (nSPS) is 11.2. The van der Waals surface area contributed by atoms with Gasteiger partial charge < -0.3 is 9.30 Å². The van der Waals surface area contributed by atoms with E-state index in [9.17, 15) is 4.79 Å². The van der Waals surface area contributed by atoms with Gasteiger partial charge in [-0.05, 0) is 17.7 Å². The van der Waals surface area contributed by atoms with Crippen LogP contribution >= 0.6 is 11.8 Å². The number of nitrogens with zero attached hydrogens (tertiary/aromatic N) is 4. The van der Waals surface area contributed by atoms with Crippen LogP contribution in [0.1, 0.15) is 5.56 Å². The van der Waals surface area contributed by atoms with E-state index in [0.29, 0.717) is 11.7 Å². The van der Waals surface area contributed by atoms with Crippen molar-refractivity contribution in [3.63, 3.8) is 0 Å². The number of methoxy groups -OCH3 is 1. The van der Waals surface area contributed by atoms with Crippen molar-refractivity contribution in [3.05, 3.63) is 60.2 Å². The molecule has 7 heteroatoms. The third-order valence-corrected chi connectivity index (χ3v) is 4.90. The molecule has 0 saturated carbocycles. The zero-order chi connectivity index (χ0) is 17.2. The molecule has 0 unspecified atom stereocenters. The standard InChI is InChI=1S/C18H16N4O2S/c1-24-16(23)12-25-18-20-19-17-21(11-13-7-3-2-4-8-13)14-9-5-6-10-15(14)22(17)18/h2-10H,11-12H2,1H3. The van der Waals surface area contributed by atoms with Crippen molar-refractivity contribution in [1.29, 1.82) is 0 Å². The van der Waals surface area contributed by atoms with Gasteiger partial charge in [-0.2, -0.15) is 0 Å². The largest absolute Gasteiger partial charge is 0.468 e. The molecular formula is C18H16N4O2S. The molecular weight excluding hydrogens is 336 g/mol. The summed E-state index contributed by atoms with van der Waals surface area (Å²) < 4.78 is 8.84. The van der Waals surface area contributed by atoms with E-state index in [1.54, 1.807) is 0 Å². The second-order valence-corrected chi connectivity index (χ2v) is 6.49. The van der Waals surface area contributed by atoms with Crippen molar-refractivity contribution in [3.8, 4) is 0 Å². The first kappa shape index (κ1) is 15.7. The number of thioether (sulfide) groups is 1. The summed E-state index contributed by atoms with van der Waals surface area (Å²) in [5.74, 6) is 0.683. The van der Waals surface area contributed by atoms with E-state index >= 15 is 0 Å². The Bertz CT molecular complexity index is 1040. The minimum Gasteiger partial charge on any atom is -0.468 e. The highest BCUT2D eigenvalue weighted by Crippen LogP contribution is 2.26. The van der Waals surface area contributed by atoms with Crippen LogP contribution in [0.2, 0.25) is 0 Å². The van der Waals surface area contributed by atoms with Crippen LogP contribution in [0, 0.1) is 0 Å². The highest BCUT2D eigenvalue weighted by Gasteiger charge is 2.17. The van der Waals surface area contributed by atoms with Gasteiger partial charge in [-0.15, -0.1) is 10.2 Å². The number of ether oxygens (including phenoxy) is 1. The number of fused-ring (bicyclic) bond motifs is 3. The number of hydrogen-bond donors (Lipinski definition) is 0. The van der Waals surface area contributed by atoms with Gasteiger partial charge in [-0.1, -0.05) is 54.2 Å². The van der Waals surface area contributed by atoms with Gasteiger partial charge in [0.2, 0.25) is 5.78 Å². The zero-order valence-corrected chi connectivity index (χ0v) is 14.4. The van der Waals surface area contributed by atoms with Crippen LogP contribution in [0.15, 0.2) is 59.8 Å². The Balaban J connectivity index is 1.82. The number of esters is 1. The quantitative estimate of drug-likeness (QED) is 0.408. The van der Waals surface area contributed by atoms with E-state index in [-0.39, 0.29) is 11.7 Å². The fourth-order valence-corrected chi connectivity index (χ4v) is 3.61. The van der Waals surface area contributed by atoms with Crippen molar-refractivity contribution in [2.75, 3.05) is 12.9 Å². The molecule has 2 heterocycles. The Kier molecular flexibility index (Phi) is 4.15. The molecule has 0 aliphatic rings. The second-order valence-electron chi connectivity index (χ2n) is 5.54. The number of benzene rings is 2. The molecule has 6 nitrogen and oxygen atoms in total. The lowest BCUT2D eigenvalue weighted by Crippen LogP contribution is -2.03. The highest BCUT2D eigenvalue weighted by molar-refractivity contribution is 7.99. The van der Waals surface area contributed by atoms with Gasteiger partial charge in [0.05, 0.1) is 30.4 Å². The molecule has 0 spiro atoms. The molecule has 0 aliphatic carbocycles. The lowest BCUT2D eigenvalue weighted by atomic mass is 10.2. The molecule has 4 aromatic rings. The van der Waals surface area contributed by atoms with E-state index in [4.69, 9.17) is 4.74 Å². The Morgan fingerprint density at radius 2 is 1.76 bits per heavy atom. The molecule has 0 saturated heterocycles. The smallest absolute Gasteiger partial charge is 0.316 e. The minimum absolute atomic E-state index is 0.204. The maximum absolute atomic E-state index is 11.4. The molecule has 0 radical (unpaired) electrons. The fourth-order valence-electron chi connectivity index (χ4n) is 2.83. The summed E-state index contributed by atoms with van der Waals surface area (Å²) in [5.41, 5.74) is 3.29. The summed E-state index contributed by atoms with van der Waals surface area (Å²) in [7, 11) is 1.38. The average Bonchev–Trinajstić information content (AvgIpc) is 3.20. The molecule has 25 heavy (non-hydrogen) atoms. The van der Waals surface area contributed by atoms with E-state index in [2.05, 4.69) is 33.0 Å². The van der Waals surface area contributed by atoms with Crippen LogP contribution < -0.4 is 0 Å². The first-order valence-corrected chi connectivity index (χ1v) is 8.82. The van der Waals surface area contributed by atoms with Crippen molar-refractivity contribution in [1.82, 2.24) is 19.2 Å². The molecule has 0 fully saturated rings. The third-order valence-electron chi connectivity index (χ3n) is 4.00. The summed E-state index contributed by atoms with van der Waals surface area (Å²) in [5, 5.41) is 9.30. The number of imidazole rings is 1. The Hall–Kier alpha value is -2.80. The molecule has 0 bridgehead atoms.